The van der Waals surface area contributed by atoms with E-state index in [1.807, 2.05) is 13.8 Å². The number of hydrogen-bond acceptors (Lipinski definition) is 5. The molecule has 2 rings (SSSR count). The van der Waals surface area contributed by atoms with Gasteiger partial charge in [0.05, 0.1) is 5.54 Å². The van der Waals surface area contributed by atoms with Crippen molar-refractivity contribution >= 4 is 0 Å². The zero-order valence-corrected chi connectivity index (χ0v) is 12.2. The lowest BCUT2D eigenvalue weighted by atomic mass is 9.85. The normalized spacial score (nSPS) is 22.1. The van der Waals surface area contributed by atoms with Crippen LogP contribution < -0.4 is 5.73 Å². The Morgan fingerprint density at radius 3 is 2.68 bits per heavy atom. The predicted molar refractivity (Wildman–Crippen MR) is 72.5 cm³/mol. The van der Waals surface area contributed by atoms with Gasteiger partial charge in [-0.15, -0.1) is 0 Å². The van der Waals surface area contributed by atoms with Gasteiger partial charge in [-0.2, -0.15) is 4.98 Å². The highest BCUT2D eigenvalue weighted by molar-refractivity contribution is 5.02. The third-order valence-electron chi connectivity index (χ3n) is 4.25. The Labute approximate surface area is 114 Å². The highest BCUT2D eigenvalue weighted by atomic mass is 16.5. The minimum Gasteiger partial charge on any atom is -0.373 e. The van der Waals surface area contributed by atoms with Crippen LogP contribution in [0.25, 0.3) is 0 Å². The summed E-state index contributed by atoms with van der Waals surface area (Å²) < 4.78 is 10.9. The topological polar surface area (TPSA) is 74.2 Å². The highest BCUT2D eigenvalue weighted by Gasteiger charge is 2.32. The van der Waals surface area contributed by atoms with E-state index in [0.29, 0.717) is 17.6 Å². The second-order valence-corrected chi connectivity index (χ2v) is 5.78. The minimum absolute atomic E-state index is 0.0644. The molecular formula is C14H25N3O2. The van der Waals surface area contributed by atoms with Gasteiger partial charge in [0.1, 0.15) is 6.10 Å². The third kappa shape index (κ3) is 3.15. The molecule has 0 aliphatic heterocycles. The Bertz CT molecular complexity index is 397. The van der Waals surface area contributed by atoms with Crippen LogP contribution in [0.1, 0.15) is 70.2 Å². The average Bonchev–Trinajstić information content (AvgIpc) is 2.91. The van der Waals surface area contributed by atoms with Crippen molar-refractivity contribution in [3.8, 4) is 0 Å². The largest absolute Gasteiger partial charge is 0.373 e. The van der Waals surface area contributed by atoms with Crippen LogP contribution >= 0.6 is 0 Å². The molecule has 0 aromatic carbocycles. The van der Waals surface area contributed by atoms with Gasteiger partial charge in [-0.3, -0.25) is 0 Å². The molecule has 0 spiro atoms. The number of rotatable bonds is 5. The molecule has 1 aromatic rings. The van der Waals surface area contributed by atoms with Gasteiger partial charge < -0.3 is 15.0 Å². The molecule has 0 bridgehead atoms. The number of methoxy groups -OCH3 is 1. The highest BCUT2D eigenvalue weighted by Crippen LogP contribution is 2.35. The van der Waals surface area contributed by atoms with E-state index >= 15 is 0 Å². The van der Waals surface area contributed by atoms with Crippen molar-refractivity contribution in [3.63, 3.8) is 0 Å². The van der Waals surface area contributed by atoms with Crippen molar-refractivity contribution in [3.05, 3.63) is 11.7 Å². The summed E-state index contributed by atoms with van der Waals surface area (Å²) in [5, 5.41) is 4.09. The molecule has 2 atom stereocenters. The summed E-state index contributed by atoms with van der Waals surface area (Å²) in [5.74, 6) is 1.65. The third-order valence-corrected chi connectivity index (χ3v) is 4.25. The Kier molecular flexibility index (Phi) is 4.58. The van der Waals surface area contributed by atoms with Crippen LogP contribution in [0.15, 0.2) is 4.52 Å². The van der Waals surface area contributed by atoms with Gasteiger partial charge in [-0.25, -0.2) is 0 Å². The molecule has 5 heteroatoms. The summed E-state index contributed by atoms with van der Waals surface area (Å²) in [6.45, 7) is 3.92. The van der Waals surface area contributed by atoms with Crippen molar-refractivity contribution < 1.29 is 9.26 Å². The fraction of sp³-hybridized carbons (Fsp3) is 0.857. The van der Waals surface area contributed by atoms with Gasteiger partial charge in [0, 0.05) is 7.11 Å². The molecule has 0 radical (unpaired) electrons. The van der Waals surface area contributed by atoms with E-state index in [1.165, 1.54) is 32.1 Å². The predicted octanol–water partition coefficient (Wildman–Crippen LogP) is 2.92. The molecule has 19 heavy (non-hydrogen) atoms. The minimum atomic E-state index is -0.559. The molecule has 2 unspecified atom stereocenters. The van der Waals surface area contributed by atoms with E-state index < -0.39 is 5.54 Å². The van der Waals surface area contributed by atoms with Crippen LogP contribution in [0.4, 0.5) is 0 Å². The number of hydrogen-bond donors (Lipinski definition) is 1. The monoisotopic (exact) mass is 267 g/mol. The van der Waals surface area contributed by atoms with E-state index in [1.54, 1.807) is 7.11 Å². The van der Waals surface area contributed by atoms with Crippen LogP contribution in [0.2, 0.25) is 0 Å². The molecule has 1 aromatic heterocycles. The second kappa shape index (κ2) is 6.01. The van der Waals surface area contributed by atoms with E-state index in [9.17, 15) is 0 Å². The van der Waals surface area contributed by atoms with E-state index in [-0.39, 0.29) is 6.10 Å². The fourth-order valence-corrected chi connectivity index (χ4v) is 2.68. The smallest absolute Gasteiger partial charge is 0.246 e. The van der Waals surface area contributed by atoms with Gasteiger partial charge >= 0.3 is 0 Å². The van der Waals surface area contributed by atoms with E-state index in [0.717, 1.165) is 6.42 Å². The van der Waals surface area contributed by atoms with Crippen LogP contribution in [0, 0.1) is 5.92 Å². The van der Waals surface area contributed by atoms with Crippen molar-refractivity contribution in [2.24, 2.45) is 11.7 Å². The zero-order chi connectivity index (χ0) is 13.9. The van der Waals surface area contributed by atoms with Crippen LogP contribution in [0.3, 0.4) is 0 Å². The van der Waals surface area contributed by atoms with Crippen LogP contribution in [0.5, 0.6) is 0 Å². The van der Waals surface area contributed by atoms with Crippen LogP contribution in [-0.2, 0) is 10.3 Å². The lowest BCUT2D eigenvalue weighted by Gasteiger charge is -2.27. The van der Waals surface area contributed by atoms with Gasteiger partial charge in [-0.05, 0) is 32.1 Å². The lowest BCUT2D eigenvalue weighted by Crippen LogP contribution is -2.32. The number of nitrogens with zero attached hydrogens (tertiary/aromatic N) is 2. The molecule has 108 valence electrons. The van der Waals surface area contributed by atoms with Crippen molar-refractivity contribution in [1.82, 2.24) is 10.1 Å². The summed E-state index contributed by atoms with van der Waals surface area (Å²) in [6.07, 6.45) is 6.89. The quantitative estimate of drug-likeness (QED) is 0.887. The summed E-state index contributed by atoms with van der Waals surface area (Å²) in [6, 6.07) is 0. The van der Waals surface area contributed by atoms with Gasteiger partial charge in [0.2, 0.25) is 11.7 Å². The van der Waals surface area contributed by atoms with Gasteiger partial charge in [0.25, 0.3) is 0 Å². The maximum absolute atomic E-state index is 6.13. The first-order valence-corrected chi connectivity index (χ1v) is 7.24. The van der Waals surface area contributed by atoms with Crippen molar-refractivity contribution in [2.45, 2.75) is 64.0 Å². The maximum Gasteiger partial charge on any atom is 0.246 e. The number of ether oxygens (including phenoxy) is 1. The molecule has 1 heterocycles. The van der Waals surface area contributed by atoms with Gasteiger partial charge in [0.15, 0.2) is 0 Å². The molecule has 2 N–H and O–H groups in total. The molecule has 1 saturated carbocycles. The molecule has 1 fully saturated rings. The zero-order valence-electron chi connectivity index (χ0n) is 12.2. The Balaban J connectivity index is 2.15. The summed E-state index contributed by atoms with van der Waals surface area (Å²) >= 11 is 0. The number of aromatic nitrogens is 2. The fourth-order valence-electron chi connectivity index (χ4n) is 2.68. The molecule has 1 aliphatic rings. The molecule has 5 nitrogen and oxygen atoms in total. The Morgan fingerprint density at radius 1 is 1.42 bits per heavy atom. The second-order valence-electron chi connectivity index (χ2n) is 5.78. The summed E-state index contributed by atoms with van der Waals surface area (Å²) in [7, 11) is 1.72. The molecular weight excluding hydrogens is 242 g/mol. The van der Waals surface area contributed by atoms with Crippen molar-refractivity contribution in [1.29, 1.82) is 0 Å². The van der Waals surface area contributed by atoms with E-state index in [2.05, 4.69) is 10.1 Å². The lowest BCUT2D eigenvalue weighted by molar-refractivity contribution is 0.0273. The maximum atomic E-state index is 6.13. The summed E-state index contributed by atoms with van der Waals surface area (Å²) in [4.78, 5) is 4.47. The van der Waals surface area contributed by atoms with Crippen molar-refractivity contribution in [2.75, 3.05) is 7.11 Å². The van der Waals surface area contributed by atoms with E-state index in [4.69, 9.17) is 15.0 Å². The Morgan fingerprint density at radius 2 is 2.11 bits per heavy atom. The number of nitrogens with two attached hydrogens (primary N) is 1. The SMILES string of the molecule is CCC(C)(N)c1nc(C(OC)C2CCCCC2)no1. The molecule has 1 aliphatic carbocycles. The molecule has 0 saturated heterocycles. The van der Waals surface area contributed by atoms with Gasteiger partial charge in [-0.1, -0.05) is 31.3 Å². The first kappa shape index (κ1) is 14.5. The first-order chi connectivity index (χ1) is 9.08. The average molecular weight is 267 g/mol. The summed E-state index contributed by atoms with van der Waals surface area (Å²) in [5.41, 5.74) is 5.57. The first-order valence-electron chi connectivity index (χ1n) is 7.24. The molecule has 0 amide bonds. The Hall–Kier alpha value is -0.940. The standard InChI is InChI=1S/C14H25N3O2/c1-4-14(2,15)13-16-12(17-19-13)11(18-3)10-8-6-5-7-9-10/h10-11H,4-9,15H2,1-3H3. The van der Waals surface area contributed by atoms with Crippen LogP contribution in [-0.4, -0.2) is 17.3 Å².